The molecule has 4 nitrogen and oxygen atoms in total. The van der Waals surface area contributed by atoms with Gasteiger partial charge in [0, 0.05) is 44.1 Å². The van der Waals surface area contributed by atoms with Crippen molar-refractivity contribution in [2.24, 2.45) is 0 Å². The molecule has 0 atom stereocenters. The number of rotatable bonds is 7. The third-order valence-corrected chi connectivity index (χ3v) is 3.98. The molecule has 0 aliphatic carbocycles. The van der Waals surface area contributed by atoms with Crippen molar-refractivity contribution in [3.8, 4) is 0 Å². The van der Waals surface area contributed by atoms with E-state index >= 15 is 0 Å². The Kier molecular flexibility index (Phi) is 4.93. The second kappa shape index (κ2) is 7.29. The summed E-state index contributed by atoms with van der Waals surface area (Å²) in [7, 11) is 0. The third kappa shape index (κ3) is 3.54. The standard InChI is InChI=1S/C19H22N2O2/c1-2-23-14-6-11-20-12-9-17-10-13-21(18(17)19(20)22)15-16-7-4-3-5-8-16/h3-5,7-10,12-13H,2,6,11,14-15H2,1H3. The zero-order chi connectivity index (χ0) is 16.1. The lowest BCUT2D eigenvalue weighted by atomic mass is 10.2. The molecule has 0 N–H and O–H groups in total. The average molecular weight is 310 g/mol. The van der Waals surface area contributed by atoms with Crippen molar-refractivity contribution in [1.29, 1.82) is 0 Å². The molecule has 0 aliphatic rings. The largest absolute Gasteiger partial charge is 0.382 e. The Hall–Kier alpha value is -2.33. The molecule has 0 amide bonds. The van der Waals surface area contributed by atoms with Crippen LogP contribution in [0.15, 0.2) is 59.7 Å². The molecule has 120 valence electrons. The normalized spacial score (nSPS) is 11.2. The maximum absolute atomic E-state index is 12.8. The predicted molar refractivity (Wildman–Crippen MR) is 92.9 cm³/mol. The maximum atomic E-state index is 12.8. The van der Waals surface area contributed by atoms with E-state index in [0.29, 0.717) is 26.3 Å². The number of benzene rings is 1. The van der Waals surface area contributed by atoms with Crippen LogP contribution in [0.2, 0.25) is 0 Å². The summed E-state index contributed by atoms with van der Waals surface area (Å²) in [5.74, 6) is 0. The van der Waals surface area contributed by atoms with Crippen LogP contribution < -0.4 is 5.56 Å². The Morgan fingerprint density at radius 3 is 2.48 bits per heavy atom. The number of ether oxygens (including phenoxy) is 1. The summed E-state index contributed by atoms with van der Waals surface area (Å²) in [5, 5.41) is 0.993. The number of hydrogen-bond donors (Lipinski definition) is 0. The summed E-state index contributed by atoms with van der Waals surface area (Å²) >= 11 is 0. The molecule has 4 heteroatoms. The lowest BCUT2D eigenvalue weighted by Crippen LogP contribution is -2.22. The van der Waals surface area contributed by atoms with Crippen LogP contribution in [0, 0.1) is 0 Å². The van der Waals surface area contributed by atoms with Crippen LogP contribution in [0.4, 0.5) is 0 Å². The minimum Gasteiger partial charge on any atom is -0.382 e. The van der Waals surface area contributed by atoms with Crippen molar-refractivity contribution >= 4 is 10.9 Å². The lowest BCUT2D eigenvalue weighted by Gasteiger charge is -2.09. The smallest absolute Gasteiger partial charge is 0.275 e. The number of fused-ring (bicyclic) bond motifs is 1. The van der Waals surface area contributed by atoms with Gasteiger partial charge in [-0.1, -0.05) is 30.3 Å². The van der Waals surface area contributed by atoms with Crippen LogP contribution in [0.25, 0.3) is 10.9 Å². The van der Waals surface area contributed by atoms with E-state index in [2.05, 4.69) is 12.1 Å². The monoisotopic (exact) mass is 310 g/mol. The first kappa shape index (κ1) is 15.6. The van der Waals surface area contributed by atoms with Crippen LogP contribution in [-0.2, 0) is 17.8 Å². The molecule has 2 heterocycles. The number of nitrogens with zero attached hydrogens (tertiary/aromatic N) is 2. The van der Waals surface area contributed by atoms with Gasteiger partial charge in [0.15, 0.2) is 0 Å². The first-order chi connectivity index (χ1) is 11.3. The Bertz CT molecular complexity index is 818. The fourth-order valence-corrected chi connectivity index (χ4v) is 2.81. The third-order valence-electron chi connectivity index (χ3n) is 3.98. The summed E-state index contributed by atoms with van der Waals surface area (Å²) in [4.78, 5) is 12.8. The summed E-state index contributed by atoms with van der Waals surface area (Å²) in [5.41, 5.74) is 2.03. The number of hydrogen-bond acceptors (Lipinski definition) is 2. The Morgan fingerprint density at radius 2 is 1.74 bits per heavy atom. The molecule has 0 bridgehead atoms. The summed E-state index contributed by atoms with van der Waals surface area (Å²) in [6.07, 6.45) is 4.71. The molecule has 3 rings (SSSR count). The zero-order valence-corrected chi connectivity index (χ0v) is 13.4. The summed E-state index contributed by atoms with van der Waals surface area (Å²) in [6.45, 7) is 4.78. The SMILES string of the molecule is CCOCCCn1ccc2ccn(Cc3ccccc3)c2c1=O. The van der Waals surface area contributed by atoms with Gasteiger partial charge in [-0.3, -0.25) is 4.79 Å². The number of pyridine rings is 1. The molecule has 0 radical (unpaired) electrons. The molecular weight excluding hydrogens is 288 g/mol. The van der Waals surface area contributed by atoms with E-state index < -0.39 is 0 Å². The second-order valence-corrected chi connectivity index (χ2v) is 5.60. The van der Waals surface area contributed by atoms with E-state index in [1.165, 1.54) is 5.56 Å². The predicted octanol–water partition coefficient (Wildman–Crippen LogP) is 3.28. The van der Waals surface area contributed by atoms with Crippen LogP contribution in [0.5, 0.6) is 0 Å². The van der Waals surface area contributed by atoms with Gasteiger partial charge in [-0.05, 0) is 31.0 Å². The van der Waals surface area contributed by atoms with Crippen molar-refractivity contribution in [1.82, 2.24) is 9.13 Å². The van der Waals surface area contributed by atoms with Gasteiger partial charge in [-0.2, -0.15) is 0 Å². The molecule has 0 spiro atoms. The fourth-order valence-electron chi connectivity index (χ4n) is 2.81. The van der Waals surface area contributed by atoms with Gasteiger partial charge in [0.1, 0.15) is 5.52 Å². The van der Waals surface area contributed by atoms with Crippen molar-refractivity contribution in [2.75, 3.05) is 13.2 Å². The maximum Gasteiger partial charge on any atom is 0.275 e. The van der Waals surface area contributed by atoms with Gasteiger partial charge in [0.05, 0.1) is 0 Å². The summed E-state index contributed by atoms with van der Waals surface area (Å²) < 4.78 is 9.16. The molecule has 0 saturated heterocycles. The van der Waals surface area contributed by atoms with Crippen LogP contribution in [0.3, 0.4) is 0 Å². The average Bonchev–Trinajstić information content (AvgIpc) is 2.98. The highest BCUT2D eigenvalue weighted by molar-refractivity contribution is 5.79. The lowest BCUT2D eigenvalue weighted by molar-refractivity contribution is 0.141. The molecule has 0 saturated carbocycles. The van der Waals surface area contributed by atoms with Crippen molar-refractivity contribution in [3.05, 3.63) is 70.8 Å². The van der Waals surface area contributed by atoms with E-state index in [4.69, 9.17) is 4.74 Å². The van der Waals surface area contributed by atoms with E-state index in [9.17, 15) is 4.79 Å². The molecular formula is C19H22N2O2. The van der Waals surface area contributed by atoms with Crippen LogP contribution >= 0.6 is 0 Å². The van der Waals surface area contributed by atoms with Gasteiger partial charge in [-0.15, -0.1) is 0 Å². The first-order valence-corrected chi connectivity index (χ1v) is 8.09. The zero-order valence-electron chi connectivity index (χ0n) is 13.4. The minimum atomic E-state index is 0.0694. The van der Waals surface area contributed by atoms with Gasteiger partial charge in [-0.25, -0.2) is 0 Å². The van der Waals surface area contributed by atoms with E-state index in [0.717, 1.165) is 17.3 Å². The molecule has 2 aromatic heterocycles. The highest BCUT2D eigenvalue weighted by atomic mass is 16.5. The number of aromatic nitrogens is 2. The minimum absolute atomic E-state index is 0.0694. The Morgan fingerprint density at radius 1 is 1.00 bits per heavy atom. The Labute approximate surface area is 135 Å². The molecule has 1 aromatic carbocycles. The highest BCUT2D eigenvalue weighted by Gasteiger charge is 2.08. The van der Waals surface area contributed by atoms with Crippen molar-refractivity contribution < 1.29 is 4.74 Å². The van der Waals surface area contributed by atoms with Gasteiger partial charge in [0.2, 0.25) is 0 Å². The first-order valence-electron chi connectivity index (χ1n) is 8.09. The second-order valence-electron chi connectivity index (χ2n) is 5.60. The molecule has 23 heavy (non-hydrogen) atoms. The summed E-state index contributed by atoms with van der Waals surface area (Å²) in [6, 6.07) is 14.2. The fraction of sp³-hybridized carbons (Fsp3) is 0.316. The Balaban J connectivity index is 1.87. The van der Waals surface area contributed by atoms with Crippen molar-refractivity contribution in [3.63, 3.8) is 0 Å². The molecule has 0 aliphatic heterocycles. The van der Waals surface area contributed by atoms with Gasteiger partial charge < -0.3 is 13.9 Å². The highest BCUT2D eigenvalue weighted by Crippen LogP contribution is 2.14. The van der Waals surface area contributed by atoms with Gasteiger partial charge in [0.25, 0.3) is 5.56 Å². The molecule has 3 aromatic rings. The van der Waals surface area contributed by atoms with Crippen LogP contribution in [0.1, 0.15) is 18.9 Å². The molecule has 0 unspecified atom stereocenters. The van der Waals surface area contributed by atoms with Crippen molar-refractivity contribution in [2.45, 2.75) is 26.4 Å². The number of aryl methyl sites for hydroxylation is 1. The van der Waals surface area contributed by atoms with E-state index in [1.54, 1.807) is 4.57 Å². The molecule has 0 fully saturated rings. The van der Waals surface area contributed by atoms with Crippen LogP contribution in [-0.4, -0.2) is 22.3 Å². The van der Waals surface area contributed by atoms with E-state index in [1.807, 2.05) is 54.2 Å². The van der Waals surface area contributed by atoms with Gasteiger partial charge >= 0.3 is 0 Å². The quantitative estimate of drug-likeness (QED) is 0.628. The topological polar surface area (TPSA) is 36.2 Å². The van der Waals surface area contributed by atoms with E-state index in [-0.39, 0.29) is 5.56 Å².